The minimum atomic E-state index is -0.367. The first-order valence-corrected chi connectivity index (χ1v) is 6.83. The van der Waals surface area contributed by atoms with Gasteiger partial charge in [0.25, 0.3) is 0 Å². The molecule has 2 aromatic rings. The Morgan fingerprint density at radius 1 is 1.29 bits per heavy atom. The van der Waals surface area contributed by atoms with E-state index in [0.717, 1.165) is 11.3 Å². The Kier molecular flexibility index (Phi) is 4.98. The number of aromatic nitrogens is 1. The van der Waals surface area contributed by atoms with Gasteiger partial charge in [-0.3, -0.25) is 0 Å². The van der Waals surface area contributed by atoms with Gasteiger partial charge in [0, 0.05) is 12.1 Å². The van der Waals surface area contributed by atoms with Crippen molar-refractivity contribution in [3.05, 3.63) is 47.9 Å². The maximum Gasteiger partial charge on any atom is 0.213 e. The highest BCUT2D eigenvalue weighted by Crippen LogP contribution is 2.24. The van der Waals surface area contributed by atoms with Crippen molar-refractivity contribution in [1.29, 1.82) is 0 Å². The minimum Gasteiger partial charge on any atom is -0.494 e. The molecule has 0 fully saturated rings. The van der Waals surface area contributed by atoms with Crippen molar-refractivity contribution in [2.75, 3.05) is 19.0 Å². The van der Waals surface area contributed by atoms with Crippen molar-refractivity contribution in [3.63, 3.8) is 0 Å². The largest absolute Gasteiger partial charge is 0.494 e. The first-order chi connectivity index (χ1) is 10.1. The van der Waals surface area contributed by atoms with E-state index < -0.39 is 0 Å². The summed E-state index contributed by atoms with van der Waals surface area (Å²) in [6.07, 6.45) is 1.70. The molecule has 0 saturated carbocycles. The summed E-state index contributed by atoms with van der Waals surface area (Å²) in [6.45, 7) is 4.45. The van der Waals surface area contributed by atoms with Crippen molar-refractivity contribution < 1.29 is 13.9 Å². The molecule has 0 aliphatic carbocycles. The topological polar surface area (TPSA) is 43.4 Å². The number of nitrogens with one attached hydrogen (secondary N) is 1. The van der Waals surface area contributed by atoms with Crippen LogP contribution in [0.2, 0.25) is 0 Å². The monoisotopic (exact) mass is 290 g/mol. The van der Waals surface area contributed by atoms with E-state index in [1.807, 2.05) is 26.0 Å². The van der Waals surface area contributed by atoms with Gasteiger partial charge in [-0.1, -0.05) is 6.07 Å². The Hall–Kier alpha value is -2.30. The lowest BCUT2D eigenvalue weighted by molar-refractivity contribution is 0.327. The predicted molar refractivity (Wildman–Crippen MR) is 80.4 cm³/mol. The highest BCUT2D eigenvalue weighted by Gasteiger charge is 2.10. The second-order valence-electron chi connectivity index (χ2n) is 4.58. The van der Waals surface area contributed by atoms with Gasteiger partial charge in [0.05, 0.1) is 25.6 Å². The lowest BCUT2D eigenvalue weighted by Crippen LogP contribution is -2.07. The van der Waals surface area contributed by atoms with E-state index in [9.17, 15) is 4.39 Å². The molecule has 0 bridgehead atoms. The van der Waals surface area contributed by atoms with E-state index in [1.165, 1.54) is 13.2 Å². The zero-order valence-electron chi connectivity index (χ0n) is 12.4. The maximum atomic E-state index is 13.7. The van der Waals surface area contributed by atoms with Gasteiger partial charge in [0.2, 0.25) is 5.88 Å². The number of methoxy groups -OCH3 is 1. The van der Waals surface area contributed by atoms with Gasteiger partial charge in [-0.2, -0.15) is 0 Å². The van der Waals surface area contributed by atoms with Crippen LogP contribution < -0.4 is 14.8 Å². The van der Waals surface area contributed by atoms with E-state index >= 15 is 0 Å². The highest BCUT2D eigenvalue weighted by atomic mass is 19.1. The number of hydrogen-bond acceptors (Lipinski definition) is 4. The number of nitrogens with zero attached hydrogens (tertiary/aromatic N) is 1. The van der Waals surface area contributed by atoms with E-state index in [1.54, 1.807) is 18.3 Å². The number of ether oxygens (including phenoxy) is 2. The fraction of sp³-hybridized carbons (Fsp3) is 0.312. The Labute approximate surface area is 123 Å². The van der Waals surface area contributed by atoms with Crippen LogP contribution in [-0.4, -0.2) is 18.7 Å². The number of anilines is 1. The molecule has 0 amide bonds. The normalized spacial score (nSPS) is 11.8. The van der Waals surface area contributed by atoms with Gasteiger partial charge in [-0.15, -0.1) is 0 Å². The molecule has 1 unspecified atom stereocenters. The zero-order chi connectivity index (χ0) is 15.2. The Morgan fingerprint density at radius 3 is 2.67 bits per heavy atom. The van der Waals surface area contributed by atoms with Crippen molar-refractivity contribution in [3.8, 4) is 11.6 Å². The number of halogens is 1. The molecule has 21 heavy (non-hydrogen) atoms. The third-order valence-corrected chi connectivity index (χ3v) is 3.09. The summed E-state index contributed by atoms with van der Waals surface area (Å²) in [5.41, 5.74) is 1.68. The number of benzene rings is 1. The lowest BCUT2D eigenvalue weighted by atomic mass is 10.1. The zero-order valence-corrected chi connectivity index (χ0v) is 12.4. The van der Waals surface area contributed by atoms with Gasteiger partial charge in [0.1, 0.15) is 0 Å². The molecule has 0 saturated heterocycles. The Morgan fingerprint density at radius 2 is 2.10 bits per heavy atom. The Bertz CT molecular complexity index is 587. The second-order valence-corrected chi connectivity index (χ2v) is 4.58. The van der Waals surface area contributed by atoms with Gasteiger partial charge >= 0.3 is 0 Å². The van der Waals surface area contributed by atoms with E-state index in [2.05, 4.69) is 10.3 Å². The molecular weight excluding hydrogens is 271 g/mol. The van der Waals surface area contributed by atoms with Crippen molar-refractivity contribution >= 4 is 5.69 Å². The first kappa shape index (κ1) is 15.1. The van der Waals surface area contributed by atoms with Crippen LogP contribution >= 0.6 is 0 Å². The van der Waals surface area contributed by atoms with Crippen LogP contribution in [0.15, 0.2) is 36.5 Å². The van der Waals surface area contributed by atoms with Crippen LogP contribution in [0.4, 0.5) is 10.1 Å². The van der Waals surface area contributed by atoms with E-state index in [4.69, 9.17) is 9.47 Å². The summed E-state index contributed by atoms with van der Waals surface area (Å²) in [7, 11) is 1.45. The third kappa shape index (κ3) is 3.84. The average Bonchev–Trinajstić information content (AvgIpc) is 2.49. The van der Waals surface area contributed by atoms with Crippen LogP contribution in [0.1, 0.15) is 25.5 Å². The first-order valence-electron chi connectivity index (χ1n) is 6.83. The molecule has 1 atom stereocenters. The van der Waals surface area contributed by atoms with E-state index in [-0.39, 0.29) is 17.6 Å². The summed E-state index contributed by atoms with van der Waals surface area (Å²) in [5.74, 6) is 0.466. The predicted octanol–water partition coefficient (Wildman–Crippen LogP) is 3.80. The van der Waals surface area contributed by atoms with Crippen LogP contribution in [0.5, 0.6) is 11.6 Å². The molecule has 2 rings (SSSR count). The third-order valence-electron chi connectivity index (χ3n) is 3.09. The minimum absolute atomic E-state index is 0.0508. The summed E-state index contributed by atoms with van der Waals surface area (Å²) in [4.78, 5) is 4.18. The fourth-order valence-corrected chi connectivity index (χ4v) is 1.98. The fourth-order valence-electron chi connectivity index (χ4n) is 1.98. The summed E-state index contributed by atoms with van der Waals surface area (Å²) < 4.78 is 23.9. The molecule has 1 heterocycles. The van der Waals surface area contributed by atoms with Crippen molar-refractivity contribution in [2.24, 2.45) is 0 Å². The SMILES string of the molecule is CCOc1ccc(NC(C)c2ccc(OC)c(F)c2)cn1. The molecule has 5 heteroatoms. The maximum absolute atomic E-state index is 13.7. The summed E-state index contributed by atoms with van der Waals surface area (Å²) in [5, 5.41) is 3.27. The van der Waals surface area contributed by atoms with Crippen LogP contribution in [0, 0.1) is 5.82 Å². The summed E-state index contributed by atoms with van der Waals surface area (Å²) in [6, 6.07) is 8.56. The highest BCUT2D eigenvalue weighted by molar-refractivity contribution is 5.45. The number of hydrogen-bond donors (Lipinski definition) is 1. The molecule has 0 aliphatic rings. The average molecular weight is 290 g/mol. The van der Waals surface area contributed by atoms with Crippen LogP contribution in [-0.2, 0) is 0 Å². The van der Waals surface area contributed by atoms with Crippen LogP contribution in [0.3, 0.4) is 0 Å². The van der Waals surface area contributed by atoms with Gasteiger partial charge < -0.3 is 14.8 Å². The standard InChI is InChI=1S/C16H19FN2O2/c1-4-21-16-8-6-13(10-18-16)19-11(2)12-5-7-15(20-3)14(17)9-12/h5-11,19H,4H2,1-3H3. The van der Waals surface area contributed by atoms with Gasteiger partial charge in [-0.05, 0) is 37.6 Å². The summed E-state index contributed by atoms with van der Waals surface area (Å²) >= 11 is 0. The number of rotatable bonds is 6. The van der Waals surface area contributed by atoms with E-state index in [0.29, 0.717) is 12.5 Å². The number of pyridine rings is 1. The second kappa shape index (κ2) is 6.92. The van der Waals surface area contributed by atoms with Crippen molar-refractivity contribution in [2.45, 2.75) is 19.9 Å². The molecule has 112 valence electrons. The van der Waals surface area contributed by atoms with Gasteiger partial charge in [-0.25, -0.2) is 9.37 Å². The Balaban J connectivity index is 2.06. The molecule has 0 aliphatic heterocycles. The molecule has 1 N–H and O–H groups in total. The molecule has 1 aromatic heterocycles. The molecule has 1 aromatic carbocycles. The lowest BCUT2D eigenvalue weighted by Gasteiger charge is -2.16. The van der Waals surface area contributed by atoms with Crippen LogP contribution in [0.25, 0.3) is 0 Å². The molecular formula is C16H19FN2O2. The quantitative estimate of drug-likeness (QED) is 0.878. The van der Waals surface area contributed by atoms with Crippen molar-refractivity contribution in [1.82, 2.24) is 4.98 Å². The molecule has 0 radical (unpaired) electrons. The smallest absolute Gasteiger partial charge is 0.213 e. The molecule has 0 spiro atoms. The van der Waals surface area contributed by atoms with Gasteiger partial charge in [0.15, 0.2) is 11.6 Å². The molecule has 4 nitrogen and oxygen atoms in total.